The van der Waals surface area contributed by atoms with E-state index in [9.17, 15) is 14.0 Å². The highest BCUT2D eigenvalue weighted by Crippen LogP contribution is 2.43. The number of carbonyl (C=O) groups is 2. The maximum atomic E-state index is 14.1. The summed E-state index contributed by atoms with van der Waals surface area (Å²) in [7, 11) is 0. The van der Waals surface area contributed by atoms with E-state index in [2.05, 4.69) is 26.1 Å². The van der Waals surface area contributed by atoms with Crippen LogP contribution in [0.5, 0.6) is 0 Å². The highest BCUT2D eigenvalue weighted by atomic mass is 79.9. The van der Waals surface area contributed by atoms with Crippen LogP contribution in [0.15, 0.2) is 0 Å². The number of rotatable bonds is 6. The van der Waals surface area contributed by atoms with Crippen LogP contribution in [-0.4, -0.2) is 58.2 Å². The molecule has 2 amide bonds. The molecule has 7 nitrogen and oxygen atoms in total. The molecular weight excluding hydrogens is 489 g/mol. The van der Waals surface area contributed by atoms with Gasteiger partial charge in [0, 0.05) is 35.3 Å². The summed E-state index contributed by atoms with van der Waals surface area (Å²) in [4.78, 5) is 27.5. The van der Waals surface area contributed by atoms with Crippen molar-refractivity contribution in [1.82, 2.24) is 10.2 Å². The van der Waals surface area contributed by atoms with E-state index < -0.39 is 6.17 Å². The van der Waals surface area contributed by atoms with E-state index in [0.29, 0.717) is 24.7 Å². The number of hydrogen-bond acceptors (Lipinski definition) is 4. The fourth-order valence-corrected chi connectivity index (χ4v) is 7.73. The third kappa shape index (κ3) is 5.89. The highest BCUT2D eigenvalue weighted by molar-refractivity contribution is 9.09. The number of amidine groups is 1. The molecule has 0 radical (unpaired) electrons. The lowest BCUT2D eigenvalue weighted by Crippen LogP contribution is -2.52. The van der Waals surface area contributed by atoms with Gasteiger partial charge in [0.15, 0.2) is 0 Å². The van der Waals surface area contributed by atoms with Crippen LogP contribution in [0.4, 0.5) is 4.39 Å². The van der Waals surface area contributed by atoms with Crippen molar-refractivity contribution >= 4 is 33.6 Å². The molecule has 1 heterocycles. The van der Waals surface area contributed by atoms with Crippen LogP contribution in [0.3, 0.4) is 0 Å². The maximum absolute atomic E-state index is 14.1. The monoisotopic (exact) mass is 527 g/mol. The molecular formula is C24H39BrFN5O2. The number of nitrogens with zero attached hydrogens (tertiary/aromatic N) is 1. The molecule has 6 N–H and O–H groups in total. The molecule has 0 bridgehead atoms. The highest BCUT2D eigenvalue weighted by Gasteiger charge is 2.48. The molecule has 3 saturated carbocycles. The van der Waals surface area contributed by atoms with Gasteiger partial charge in [-0.2, -0.15) is 0 Å². The lowest BCUT2D eigenvalue weighted by Gasteiger charge is -2.40. The molecule has 4 aliphatic rings. The Kier molecular flexibility index (Phi) is 7.98. The van der Waals surface area contributed by atoms with Gasteiger partial charge < -0.3 is 16.8 Å². The molecule has 0 spiro atoms. The van der Waals surface area contributed by atoms with Gasteiger partial charge in [-0.3, -0.25) is 19.9 Å². The molecule has 0 aromatic rings. The SMILES string of the molecule is N=C(N)C1CCC2CC(C(=O)NC3CC(F)CC(Br)C3)N(CC3CCC(C(N)=O)CC3)C2C1. The molecule has 0 aromatic heterocycles. The fraction of sp³-hybridized carbons (Fsp3) is 0.875. The Hall–Kier alpha value is -1.22. The van der Waals surface area contributed by atoms with Crippen molar-refractivity contribution < 1.29 is 14.0 Å². The minimum Gasteiger partial charge on any atom is -0.387 e. The summed E-state index contributed by atoms with van der Waals surface area (Å²) in [5, 5.41) is 11.1. The summed E-state index contributed by atoms with van der Waals surface area (Å²) in [5.74, 6) is 0.997. The number of amides is 2. The Balaban J connectivity index is 1.45. The predicted octanol–water partition coefficient (Wildman–Crippen LogP) is 2.84. The largest absolute Gasteiger partial charge is 0.387 e. The summed E-state index contributed by atoms with van der Waals surface area (Å²) in [6.45, 7) is 0.826. The lowest BCUT2D eigenvalue weighted by molar-refractivity contribution is -0.127. The quantitative estimate of drug-likeness (QED) is 0.240. The predicted molar refractivity (Wildman–Crippen MR) is 130 cm³/mol. The Bertz CT molecular complexity index is 736. The van der Waals surface area contributed by atoms with Crippen molar-refractivity contribution in [3.8, 4) is 0 Å². The Morgan fingerprint density at radius 1 is 0.970 bits per heavy atom. The van der Waals surface area contributed by atoms with Crippen LogP contribution < -0.4 is 16.8 Å². The van der Waals surface area contributed by atoms with Crippen LogP contribution in [0.25, 0.3) is 0 Å². The second-order valence-corrected chi connectivity index (χ2v) is 12.3. The first-order valence-corrected chi connectivity index (χ1v) is 13.6. The van der Waals surface area contributed by atoms with Crippen molar-refractivity contribution in [1.29, 1.82) is 5.41 Å². The first-order chi connectivity index (χ1) is 15.7. The Morgan fingerprint density at radius 2 is 1.67 bits per heavy atom. The summed E-state index contributed by atoms with van der Waals surface area (Å²) >= 11 is 3.54. The lowest BCUT2D eigenvalue weighted by atomic mass is 9.77. The first-order valence-electron chi connectivity index (χ1n) is 12.7. The van der Waals surface area contributed by atoms with Crippen molar-refractivity contribution in [2.75, 3.05) is 6.54 Å². The van der Waals surface area contributed by atoms with Gasteiger partial charge in [0.25, 0.3) is 0 Å². The average Bonchev–Trinajstić information content (AvgIpc) is 3.11. The molecule has 4 rings (SSSR count). The van der Waals surface area contributed by atoms with E-state index in [-0.39, 0.29) is 52.4 Å². The van der Waals surface area contributed by atoms with E-state index >= 15 is 0 Å². The molecule has 1 saturated heterocycles. The van der Waals surface area contributed by atoms with Gasteiger partial charge in [-0.1, -0.05) is 15.9 Å². The number of primary amides is 1. The zero-order valence-electron chi connectivity index (χ0n) is 19.4. The van der Waals surface area contributed by atoms with Crippen LogP contribution >= 0.6 is 15.9 Å². The maximum Gasteiger partial charge on any atom is 0.237 e. The van der Waals surface area contributed by atoms with Gasteiger partial charge >= 0.3 is 0 Å². The molecule has 186 valence electrons. The number of hydrogen-bond donors (Lipinski definition) is 4. The summed E-state index contributed by atoms with van der Waals surface area (Å²) in [6, 6.07) is -0.0964. The summed E-state index contributed by atoms with van der Waals surface area (Å²) < 4.78 is 14.1. The molecule has 7 atom stereocenters. The van der Waals surface area contributed by atoms with Gasteiger partial charge in [0.1, 0.15) is 6.17 Å². The molecule has 7 unspecified atom stereocenters. The Morgan fingerprint density at radius 3 is 2.30 bits per heavy atom. The smallest absolute Gasteiger partial charge is 0.237 e. The number of alkyl halides is 2. The standard InChI is InChI=1S/C24H39BrFN5O2/c25-17-9-18(26)11-19(10-17)30-24(33)21-7-15-5-6-16(22(27)28)8-20(15)31(21)12-13-1-3-14(4-2-13)23(29)32/h13-21H,1-12H2,(H3,27,28)(H2,29,32)(H,30,33). The van der Waals surface area contributed by atoms with Crippen LogP contribution in [0.1, 0.15) is 70.6 Å². The number of carbonyl (C=O) groups excluding carboxylic acids is 2. The second-order valence-electron chi connectivity index (χ2n) is 11.0. The van der Waals surface area contributed by atoms with E-state index in [1.165, 1.54) is 0 Å². The van der Waals surface area contributed by atoms with Gasteiger partial charge in [-0.05, 0) is 82.5 Å². The molecule has 0 aromatic carbocycles. The molecule has 1 aliphatic heterocycles. The molecule has 4 fully saturated rings. The van der Waals surface area contributed by atoms with E-state index in [1.54, 1.807) is 0 Å². The zero-order valence-corrected chi connectivity index (χ0v) is 20.9. The van der Waals surface area contributed by atoms with E-state index in [1.807, 2.05) is 0 Å². The third-order valence-corrected chi connectivity index (χ3v) is 9.46. The van der Waals surface area contributed by atoms with Gasteiger partial charge in [-0.25, -0.2) is 4.39 Å². The van der Waals surface area contributed by atoms with Gasteiger partial charge in [0.2, 0.25) is 11.8 Å². The summed E-state index contributed by atoms with van der Waals surface area (Å²) in [5.41, 5.74) is 11.4. The molecule has 3 aliphatic carbocycles. The number of nitrogens with two attached hydrogens (primary N) is 2. The molecule has 33 heavy (non-hydrogen) atoms. The first kappa shape index (κ1) is 24.9. The van der Waals surface area contributed by atoms with Crippen LogP contribution in [0.2, 0.25) is 0 Å². The van der Waals surface area contributed by atoms with E-state index in [4.69, 9.17) is 16.9 Å². The number of halogens is 2. The minimum atomic E-state index is -0.882. The van der Waals surface area contributed by atoms with Crippen molar-refractivity contribution in [2.45, 2.75) is 99.8 Å². The Labute approximate surface area is 204 Å². The number of nitrogens with one attached hydrogen (secondary N) is 2. The van der Waals surface area contributed by atoms with Gasteiger partial charge in [-0.15, -0.1) is 0 Å². The summed E-state index contributed by atoms with van der Waals surface area (Å²) in [6.07, 6.45) is 7.87. The van der Waals surface area contributed by atoms with Crippen molar-refractivity contribution in [3.05, 3.63) is 0 Å². The normalized spacial score (nSPS) is 41.8. The fourth-order valence-electron chi connectivity index (χ4n) is 6.87. The zero-order chi connectivity index (χ0) is 23.7. The molecule has 9 heteroatoms. The number of fused-ring (bicyclic) bond motifs is 1. The average molecular weight is 529 g/mol. The van der Waals surface area contributed by atoms with E-state index in [0.717, 1.165) is 64.3 Å². The second kappa shape index (κ2) is 10.6. The minimum absolute atomic E-state index is 0.0217. The third-order valence-electron chi connectivity index (χ3n) is 8.71. The topological polar surface area (TPSA) is 125 Å². The van der Waals surface area contributed by atoms with Crippen LogP contribution in [0, 0.1) is 29.1 Å². The van der Waals surface area contributed by atoms with Gasteiger partial charge in [0.05, 0.1) is 11.9 Å². The van der Waals surface area contributed by atoms with Crippen molar-refractivity contribution in [3.63, 3.8) is 0 Å². The van der Waals surface area contributed by atoms with Crippen LogP contribution in [-0.2, 0) is 9.59 Å². The van der Waals surface area contributed by atoms with Crippen molar-refractivity contribution in [2.24, 2.45) is 35.1 Å². The number of likely N-dealkylation sites (tertiary alicyclic amines) is 1.